The number of aromatic hydroxyl groups is 3. The first-order valence-corrected chi connectivity index (χ1v) is 12.6. The lowest BCUT2D eigenvalue weighted by Crippen LogP contribution is -2.25. The number of halogens is 1. The van der Waals surface area contributed by atoms with Gasteiger partial charge in [0.05, 0.1) is 21.3 Å². The van der Waals surface area contributed by atoms with Gasteiger partial charge in [0.15, 0.2) is 5.65 Å². The third-order valence-electron chi connectivity index (χ3n) is 5.00. The van der Waals surface area contributed by atoms with E-state index in [1.165, 1.54) is 0 Å². The van der Waals surface area contributed by atoms with Crippen LogP contribution in [0.3, 0.4) is 0 Å². The lowest BCUT2D eigenvalue weighted by atomic mass is 10.1. The number of nitrogens with zero attached hydrogens (tertiary/aromatic N) is 3. The summed E-state index contributed by atoms with van der Waals surface area (Å²) in [6, 6.07) is 11.9. The van der Waals surface area contributed by atoms with Crippen molar-refractivity contribution >= 4 is 37.4 Å². The highest BCUT2D eigenvalue weighted by Crippen LogP contribution is 2.31. The molecule has 10 nitrogen and oxygen atoms in total. The van der Waals surface area contributed by atoms with Gasteiger partial charge in [-0.15, -0.1) is 0 Å². The Balaban J connectivity index is 1.39. The second-order valence-corrected chi connectivity index (χ2v) is 10.1. The average Bonchev–Trinajstić information content (AvgIpc) is 3.16. The first-order chi connectivity index (χ1) is 16.2. The van der Waals surface area contributed by atoms with Crippen LogP contribution in [0.15, 0.2) is 64.1 Å². The Kier molecular flexibility index (Phi) is 6.91. The molecular formula is C22H22BrN5O5S. The van der Waals surface area contributed by atoms with Crippen molar-refractivity contribution in [2.24, 2.45) is 0 Å². The first-order valence-electron chi connectivity index (χ1n) is 10.3. The van der Waals surface area contributed by atoms with E-state index in [9.17, 15) is 23.7 Å². The van der Waals surface area contributed by atoms with Gasteiger partial charge in [-0.05, 0) is 40.9 Å². The maximum Gasteiger partial charge on any atom is 0.240 e. The highest BCUT2D eigenvalue weighted by Gasteiger charge is 2.16. The summed E-state index contributed by atoms with van der Waals surface area (Å²) in [6.07, 6.45) is 2.82. The SMILES string of the molecule is O=S(=O)(NCCCCNc1cc(-c2ccccc2O)nc2c(Br)cnn12)c1cc(O)cc(O)c1. The fourth-order valence-corrected chi connectivity index (χ4v) is 4.85. The van der Waals surface area contributed by atoms with E-state index in [1.54, 1.807) is 35.0 Å². The summed E-state index contributed by atoms with van der Waals surface area (Å²) in [5.74, 6) is 0.126. The highest BCUT2D eigenvalue weighted by atomic mass is 79.9. The predicted octanol–water partition coefficient (Wildman–Crippen LogP) is 3.45. The van der Waals surface area contributed by atoms with E-state index in [0.717, 1.165) is 18.2 Å². The minimum absolute atomic E-state index is 0.119. The van der Waals surface area contributed by atoms with E-state index in [2.05, 4.69) is 36.1 Å². The van der Waals surface area contributed by atoms with Crippen molar-refractivity contribution in [2.45, 2.75) is 17.7 Å². The number of phenolic OH excluding ortho intramolecular Hbond substituents is 3. The molecule has 178 valence electrons. The molecule has 0 radical (unpaired) electrons. The third-order valence-corrected chi connectivity index (χ3v) is 7.00. The standard InChI is InChI=1S/C22H22BrN5O5S/c23-18-13-25-28-21(12-19(27-22(18)28)17-5-1-2-6-20(17)31)24-7-3-4-8-26-34(32,33)16-10-14(29)9-15(30)11-16/h1-2,5-6,9-13,24,26,29-31H,3-4,7-8H2. The van der Waals surface area contributed by atoms with Crippen LogP contribution < -0.4 is 10.0 Å². The molecule has 0 atom stereocenters. The fraction of sp³-hybridized carbons (Fsp3) is 0.182. The number of para-hydroxylation sites is 1. The number of aromatic nitrogens is 3. The Morgan fingerprint density at radius 2 is 1.68 bits per heavy atom. The van der Waals surface area contributed by atoms with Gasteiger partial charge >= 0.3 is 0 Å². The predicted molar refractivity (Wildman–Crippen MR) is 130 cm³/mol. The zero-order chi connectivity index (χ0) is 24.3. The van der Waals surface area contributed by atoms with Gasteiger partial charge in [0.2, 0.25) is 10.0 Å². The van der Waals surface area contributed by atoms with Gasteiger partial charge < -0.3 is 20.6 Å². The van der Waals surface area contributed by atoms with Gasteiger partial charge in [-0.25, -0.2) is 18.1 Å². The van der Waals surface area contributed by atoms with Crippen molar-refractivity contribution in [1.82, 2.24) is 19.3 Å². The van der Waals surface area contributed by atoms with Gasteiger partial charge in [-0.3, -0.25) is 0 Å². The lowest BCUT2D eigenvalue weighted by molar-refractivity contribution is 0.446. The number of sulfonamides is 1. The molecule has 0 saturated carbocycles. The normalized spacial score (nSPS) is 11.7. The number of fused-ring (bicyclic) bond motifs is 1. The zero-order valence-electron chi connectivity index (χ0n) is 17.8. The first kappa shape index (κ1) is 23.8. The van der Waals surface area contributed by atoms with Crippen molar-refractivity contribution in [2.75, 3.05) is 18.4 Å². The summed E-state index contributed by atoms with van der Waals surface area (Å²) < 4.78 is 29.5. The van der Waals surface area contributed by atoms with Crippen LogP contribution in [-0.2, 0) is 10.0 Å². The Labute approximate surface area is 204 Å². The van der Waals surface area contributed by atoms with Gasteiger partial charge in [0.25, 0.3) is 0 Å². The topological polar surface area (TPSA) is 149 Å². The minimum atomic E-state index is -3.85. The van der Waals surface area contributed by atoms with Crippen LogP contribution in [0.25, 0.3) is 16.9 Å². The zero-order valence-corrected chi connectivity index (χ0v) is 20.2. The Bertz CT molecular complexity index is 1420. The van der Waals surface area contributed by atoms with Crippen LogP contribution in [0.4, 0.5) is 5.82 Å². The van der Waals surface area contributed by atoms with Crippen LogP contribution in [-0.4, -0.2) is 51.4 Å². The number of hydrogen-bond acceptors (Lipinski definition) is 8. The Morgan fingerprint density at radius 1 is 0.971 bits per heavy atom. The van der Waals surface area contributed by atoms with Crippen LogP contribution in [0.5, 0.6) is 17.2 Å². The summed E-state index contributed by atoms with van der Waals surface area (Å²) in [5.41, 5.74) is 1.76. The summed E-state index contributed by atoms with van der Waals surface area (Å²) in [5, 5.41) is 36.8. The molecule has 0 bridgehead atoms. The van der Waals surface area contributed by atoms with E-state index in [4.69, 9.17) is 0 Å². The molecule has 4 aromatic rings. The van der Waals surface area contributed by atoms with Gasteiger partial charge in [-0.1, -0.05) is 12.1 Å². The number of rotatable bonds is 9. The maximum atomic E-state index is 12.3. The summed E-state index contributed by atoms with van der Waals surface area (Å²) in [6.45, 7) is 0.716. The highest BCUT2D eigenvalue weighted by molar-refractivity contribution is 9.10. The lowest BCUT2D eigenvalue weighted by Gasteiger charge is -2.12. The molecule has 34 heavy (non-hydrogen) atoms. The van der Waals surface area contributed by atoms with Crippen LogP contribution in [0.2, 0.25) is 0 Å². The van der Waals surface area contributed by atoms with Crippen LogP contribution >= 0.6 is 15.9 Å². The van der Waals surface area contributed by atoms with Gasteiger partial charge in [-0.2, -0.15) is 9.61 Å². The van der Waals surface area contributed by atoms with Crippen molar-refractivity contribution < 1.29 is 23.7 Å². The number of hydrogen-bond donors (Lipinski definition) is 5. The number of phenols is 3. The molecule has 0 aliphatic heterocycles. The molecule has 2 aromatic carbocycles. The Hall–Kier alpha value is -3.35. The third kappa shape index (κ3) is 5.24. The van der Waals surface area contributed by atoms with E-state index >= 15 is 0 Å². The molecule has 0 fully saturated rings. The molecule has 0 amide bonds. The van der Waals surface area contributed by atoms with Crippen molar-refractivity contribution in [1.29, 1.82) is 0 Å². The summed E-state index contributed by atoms with van der Waals surface area (Å²) in [7, 11) is -3.85. The number of nitrogens with one attached hydrogen (secondary N) is 2. The van der Waals surface area contributed by atoms with Crippen molar-refractivity contribution in [3.05, 3.63) is 59.2 Å². The van der Waals surface area contributed by atoms with Gasteiger partial charge in [0, 0.05) is 42.9 Å². The van der Waals surface area contributed by atoms with Crippen molar-refractivity contribution in [3.63, 3.8) is 0 Å². The van der Waals surface area contributed by atoms with E-state index < -0.39 is 10.0 Å². The summed E-state index contributed by atoms with van der Waals surface area (Å²) in [4.78, 5) is 4.39. The molecular weight excluding hydrogens is 526 g/mol. The van der Waals surface area contributed by atoms with E-state index in [0.29, 0.717) is 46.6 Å². The van der Waals surface area contributed by atoms with Gasteiger partial charge in [0.1, 0.15) is 23.1 Å². The number of anilines is 1. The largest absolute Gasteiger partial charge is 0.508 e. The smallest absolute Gasteiger partial charge is 0.240 e. The van der Waals surface area contributed by atoms with Crippen LogP contribution in [0, 0.1) is 0 Å². The molecule has 0 aliphatic carbocycles. The molecule has 2 aromatic heterocycles. The number of unbranched alkanes of at least 4 members (excludes halogenated alkanes) is 1. The molecule has 2 heterocycles. The average molecular weight is 548 g/mol. The second kappa shape index (κ2) is 9.87. The van der Waals surface area contributed by atoms with Crippen molar-refractivity contribution in [3.8, 4) is 28.5 Å². The van der Waals surface area contributed by atoms with Crippen LogP contribution in [0.1, 0.15) is 12.8 Å². The maximum absolute atomic E-state index is 12.3. The fourth-order valence-electron chi connectivity index (χ4n) is 3.37. The van der Waals surface area contributed by atoms with E-state index in [-0.39, 0.29) is 28.7 Å². The quantitative estimate of drug-likeness (QED) is 0.200. The second-order valence-electron chi connectivity index (χ2n) is 7.49. The van der Waals surface area contributed by atoms with E-state index in [1.807, 2.05) is 6.07 Å². The summed E-state index contributed by atoms with van der Waals surface area (Å²) >= 11 is 3.44. The molecule has 4 rings (SSSR count). The molecule has 12 heteroatoms. The number of benzene rings is 2. The molecule has 0 spiro atoms. The molecule has 5 N–H and O–H groups in total. The molecule has 0 aliphatic rings. The molecule has 0 saturated heterocycles. The molecule has 0 unspecified atom stereocenters. The Morgan fingerprint density at radius 3 is 2.41 bits per heavy atom. The minimum Gasteiger partial charge on any atom is -0.508 e. The monoisotopic (exact) mass is 547 g/mol.